The largest absolute Gasteiger partial charge is 0.496 e. The minimum absolute atomic E-state index is 0.0527. The van der Waals surface area contributed by atoms with Gasteiger partial charge in [-0.05, 0) is 18.2 Å². The molecule has 0 N–H and O–H groups in total. The van der Waals surface area contributed by atoms with Gasteiger partial charge in [-0.1, -0.05) is 18.2 Å². The van der Waals surface area contributed by atoms with E-state index in [2.05, 4.69) is 0 Å². The van der Waals surface area contributed by atoms with E-state index in [4.69, 9.17) is 4.74 Å². The molecule has 0 fully saturated rings. The Balaban J connectivity index is 2.59. The van der Waals surface area contributed by atoms with Crippen LogP contribution in [0.2, 0.25) is 0 Å². The summed E-state index contributed by atoms with van der Waals surface area (Å²) in [5.41, 5.74) is 0.366. The molecule has 110 valence electrons. The lowest BCUT2D eigenvalue weighted by Gasteiger charge is -2.06. The number of allylic oxidation sites excluding steroid dienone is 1. The van der Waals surface area contributed by atoms with Crippen LogP contribution in [-0.4, -0.2) is 12.0 Å². The molecule has 0 bridgehead atoms. The number of hydrogen-bond donors (Lipinski definition) is 0. The molecule has 0 saturated carbocycles. The van der Waals surface area contributed by atoms with Crippen molar-refractivity contribution in [1.82, 2.24) is 0 Å². The molecule has 22 heavy (non-hydrogen) atoms. The lowest BCUT2D eigenvalue weighted by atomic mass is 10.0. The third-order valence-electron chi connectivity index (χ3n) is 3.01. The molecule has 0 heterocycles. The summed E-state index contributed by atoms with van der Waals surface area (Å²) in [6.07, 6.45) is 1.37. The summed E-state index contributed by atoms with van der Waals surface area (Å²) in [6, 6.07) is 11.7. The smallest absolute Gasteiger partial charge is 0.270 e. The van der Waals surface area contributed by atoms with Crippen molar-refractivity contribution in [2.24, 2.45) is 0 Å². The number of ether oxygens (including phenoxy) is 1. The molecule has 0 spiro atoms. The number of benzene rings is 2. The third kappa shape index (κ3) is 3.10. The summed E-state index contributed by atoms with van der Waals surface area (Å²) in [5, 5.41) is 20.1. The summed E-state index contributed by atoms with van der Waals surface area (Å²) in [7, 11) is 1.41. The van der Waals surface area contributed by atoms with Gasteiger partial charge in [-0.3, -0.25) is 10.1 Å². The number of nitrogens with zero attached hydrogens (tertiary/aromatic N) is 2. The molecular weight excluding hydrogens is 287 g/mol. The molecule has 6 heteroatoms. The zero-order valence-electron chi connectivity index (χ0n) is 11.6. The Morgan fingerprint density at radius 1 is 1.36 bits per heavy atom. The lowest BCUT2D eigenvalue weighted by Crippen LogP contribution is -1.93. The number of hydrogen-bond acceptors (Lipinski definition) is 4. The molecule has 0 saturated heterocycles. The SMILES string of the molecule is COc1ccc([N+](=O)[O-])cc1C=C(C#N)c1ccccc1F. The molecule has 0 atom stereocenters. The second-order valence-electron chi connectivity index (χ2n) is 4.33. The van der Waals surface area contributed by atoms with Crippen LogP contribution in [0.5, 0.6) is 5.75 Å². The second kappa shape index (κ2) is 6.50. The first-order valence-corrected chi connectivity index (χ1v) is 6.26. The predicted molar refractivity (Wildman–Crippen MR) is 79.5 cm³/mol. The first-order valence-electron chi connectivity index (χ1n) is 6.26. The van der Waals surface area contributed by atoms with Gasteiger partial charge in [0.25, 0.3) is 5.69 Å². The lowest BCUT2D eigenvalue weighted by molar-refractivity contribution is -0.384. The van der Waals surface area contributed by atoms with Crippen molar-refractivity contribution >= 4 is 17.3 Å². The van der Waals surface area contributed by atoms with Crippen molar-refractivity contribution in [1.29, 1.82) is 5.26 Å². The molecule has 0 aliphatic heterocycles. The van der Waals surface area contributed by atoms with Crippen LogP contribution >= 0.6 is 0 Å². The third-order valence-corrected chi connectivity index (χ3v) is 3.01. The first kappa shape index (κ1) is 15.2. The summed E-state index contributed by atoms with van der Waals surface area (Å²) in [4.78, 5) is 10.3. The highest BCUT2D eigenvalue weighted by atomic mass is 19.1. The van der Waals surface area contributed by atoms with E-state index in [1.54, 1.807) is 6.07 Å². The minimum Gasteiger partial charge on any atom is -0.496 e. The van der Waals surface area contributed by atoms with Gasteiger partial charge < -0.3 is 4.74 Å². The molecule has 0 amide bonds. The highest BCUT2D eigenvalue weighted by Gasteiger charge is 2.12. The fourth-order valence-electron chi connectivity index (χ4n) is 1.95. The quantitative estimate of drug-likeness (QED) is 0.372. The summed E-state index contributed by atoms with van der Waals surface area (Å²) in [5.74, 6) is -0.186. The maximum Gasteiger partial charge on any atom is 0.270 e. The first-order chi connectivity index (χ1) is 10.6. The zero-order chi connectivity index (χ0) is 16.1. The van der Waals surface area contributed by atoms with E-state index in [9.17, 15) is 19.8 Å². The van der Waals surface area contributed by atoms with Crippen LogP contribution in [0.4, 0.5) is 10.1 Å². The second-order valence-corrected chi connectivity index (χ2v) is 4.33. The average Bonchev–Trinajstić information content (AvgIpc) is 2.53. The van der Waals surface area contributed by atoms with E-state index in [0.717, 1.165) is 0 Å². The van der Waals surface area contributed by atoms with Crippen molar-refractivity contribution in [3.8, 4) is 11.8 Å². The van der Waals surface area contributed by atoms with E-state index in [1.165, 1.54) is 49.6 Å². The van der Waals surface area contributed by atoms with Gasteiger partial charge in [-0.15, -0.1) is 0 Å². The fourth-order valence-corrected chi connectivity index (χ4v) is 1.95. The summed E-state index contributed by atoms with van der Waals surface area (Å²) >= 11 is 0. The van der Waals surface area contributed by atoms with Crippen molar-refractivity contribution < 1.29 is 14.1 Å². The van der Waals surface area contributed by atoms with Gasteiger partial charge in [0.05, 0.1) is 23.7 Å². The fraction of sp³-hybridized carbons (Fsp3) is 0.0625. The van der Waals surface area contributed by atoms with E-state index < -0.39 is 10.7 Å². The monoisotopic (exact) mass is 298 g/mol. The molecule has 2 aromatic rings. The van der Waals surface area contributed by atoms with Gasteiger partial charge in [0, 0.05) is 23.3 Å². The summed E-state index contributed by atoms with van der Waals surface area (Å²) < 4.78 is 18.9. The van der Waals surface area contributed by atoms with Crippen LogP contribution in [0.15, 0.2) is 42.5 Å². The van der Waals surface area contributed by atoms with Crippen LogP contribution < -0.4 is 4.74 Å². The van der Waals surface area contributed by atoms with Gasteiger partial charge in [0.15, 0.2) is 0 Å². The van der Waals surface area contributed by atoms with Gasteiger partial charge in [0.1, 0.15) is 11.6 Å². The van der Waals surface area contributed by atoms with Crippen molar-refractivity contribution in [2.75, 3.05) is 7.11 Å². The highest BCUT2D eigenvalue weighted by Crippen LogP contribution is 2.28. The molecule has 0 radical (unpaired) electrons. The van der Waals surface area contributed by atoms with Crippen molar-refractivity contribution in [2.45, 2.75) is 0 Å². The minimum atomic E-state index is -0.550. The van der Waals surface area contributed by atoms with E-state index in [-0.39, 0.29) is 16.8 Å². The van der Waals surface area contributed by atoms with Crippen molar-refractivity contribution in [3.63, 3.8) is 0 Å². The molecule has 0 aromatic heterocycles. The van der Waals surface area contributed by atoms with Crippen molar-refractivity contribution in [3.05, 3.63) is 69.5 Å². The van der Waals surface area contributed by atoms with Gasteiger partial charge >= 0.3 is 0 Å². The number of rotatable bonds is 4. The van der Waals surface area contributed by atoms with Gasteiger partial charge in [-0.25, -0.2) is 4.39 Å². The molecule has 0 aliphatic rings. The number of nitro groups is 1. The van der Waals surface area contributed by atoms with Crippen LogP contribution in [0.1, 0.15) is 11.1 Å². The Kier molecular flexibility index (Phi) is 4.49. The Morgan fingerprint density at radius 3 is 2.68 bits per heavy atom. The molecule has 5 nitrogen and oxygen atoms in total. The number of nitro benzene ring substituents is 1. The van der Waals surface area contributed by atoms with E-state index in [0.29, 0.717) is 11.3 Å². The Labute approximate surface area is 126 Å². The van der Waals surface area contributed by atoms with Crippen LogP contribution in [0.25, 0.3) is 11.6 Å². The van der Waals surface area contributed by atoms with Crippen LogP contribution in [0, 0.1) is 27.3 Å². The number of halogens is 1. The van der Waals surface area contributed by atoms with Gasteiger partial charge in [-0.2, -0.15) is 5.26 Å². The standard InChI is InChI=1S/C16H11FN2O3/c1-22-16-7-6-13(19(20)21)9-11(16)8-12(10-18)14-4-2-3-5-15(14)17/h2-9H,1H3. The van der Waals surface area contributed by atoms with Gasteiger partial charge in [0.2, 0.25) is 0 Å². The predicted octanol–water partition coefficient (Wildman–Crippen LogP) is 3.81. The number of nitriles is 1. The normalized spacial score (nSPS) is 10.9. The van der Waals surface area contributed by atoms with E-state index in [1.807, 2.05) is 6.07 Å². The molecule has 2 rings (SSSR count). The zero-order valence-corrected chi connectivity index (χ0v) is 11.6. The Hall–Kier alpha value is -3.20. The molecule has 0 aliphatic carbocycles. The molecule has 2 aromatic carbocycles. The number of non-ortho nitro benzene ring substituents is 1. The Bertz CT molecular complexity index is 794. The topological polar surface area (TPSA) is 76.2 Å². The average molecular weight is 298 g/mol. The maximum atomic E-state index is 13.8. The highest BCUT2D eigenvalue weighted by molar-refractivity contribution is 5.91. The molecular formula is C16H11FN2O3. The van der Waals surface area contributed by atoms with E-state index >= 15 is 0 Å². The maximum absolute atomic E-state index is 13.8. The van der Waals surface area contributed by atoms with Crippen LogP contribution in [-0.2, 0) is 0 Å². The van der Waals surface area contributed by atoms with Crippen LogP contribution in [0.3, 0.4) is 0 Å². The summed E-state index contributed by atoms with van der Waals surface area (Å²) in [6.45, 7) is 0. The molecule has 0 unspecified atom stereocenters. The Morgan fingerprint density at radius 2 is 2.09 bits per heavy atom. The number of methoxy groups -OCH3 is 1.